The van der Waals surface area contributed by atoms with Gasteiger partial charge in [-0.2, -0.15) is 4.68 Å². The topological polar surface area (TPSA) is 101 Å². The zero-order chi connectivity index (χ0) is 13.3. The highest BCUT2D eigenvalue weighted by Crippen LogP contribution is 2.32. The van der Waals surface area contributed by atoms with Crippen LogP contribution in [-0.2, 0) is 0 Å². The first-order chi connectivity index (χ1) is 7.82. The molecule has 0 aliphatic rings. The molecule has 6 heteroatoms. The van der Waals surface area contributed by atoms with E-state index in [1.807, 2.05) is 13.8 Å². The molecular formula is C11H19N3O3. The Morgan fingerprint density at radius 1 is 1.35 bits per heavy atom. The molecule has 0 aromatic carbocycles. The summed E-state index contributed by atoms with van der Waals surface area (Å²) in [6.45, 7) is 5.21. The van der Waals surface area contributed by atoms with Crippen molar-refractivity contribution in [2.24, 2.45) is 11.7 Å². The molecule has 0 saturated carbocycles. The Labute approximate surface area is 100 Å². The first-order valence-corrected chi connectivity index (χ1v) is 5.43. The van der Waals surface area contributed by atoms with E-state index in [-0.39, 0.29) is 29.0 Å². The molecule has 5 N–H and O–H groups in total. The minimum absolute atomic E-state index is 0.0404. The van der Waals surface area contributed by atoms with Crippen LogP contribution in [0.25, 0.3) is 0 Å². The first-order valence-electron chi connectivity index (χ1n) is 5.43. The molecule has 96 valence electrons. The third-order valence-electron chi connectivity index (χ3n) is 2.85. The van der Waals surface area contributed by atoms with Gasteiger partial charge in [-0.3, -0.25) is 4.79 Å². The van der Waals surface area contributed by atoms with Gasteiger partial charge in [0.2, 0.25) is 11.8 Å². The molecule has 0 saturated heterocycles. The molecule has 1 atom stereocenters. The summed E-state index contributed by atoms with van der Waals surface area (Å²) in [5.41, 5.74) is 8.72. The fourth-order valence-electron chi connectivity index (χ4n) is 1.64. The summed E-state index contributed by atoms with van der Waals surface area (Å²) in [7, 11) is 1.52. The number of aromatic nitrogens is 1. The van der Waals surface area contributed by atoms with Crippen molar-refractivity contribution in [3.05, 3.63) is 11.1 Å². The van der Waals surface area contributed by atoms with Crippen molar-refractivity contribution < 1.29 is 15.0 Å². The molecule has 0 amide bonds. The lowest BCUT2D eigenvalue weighted by Gasteiger charge is -2.14. The predicted octanol–water partition coefficient (Wildman–Crippen LogP) is 0.547. The summed E-state index contributed by atoms with van der Waals surface area (Å²) >= 11 is 0. The Hall–Kier alpha value is -1.69. The number of rotatable bonds is 4. The van der Waals surface area contributed by atoms with Crippen LogP contribution in [-0.4, -0.2) is 33.8 Å². The van der Waals surface area contributed by atoms with Crippen molar-refractivity contribution in [1.29, 1.82) is 0 Å². The Bertz CT molecular complexity index is 438. The van der Waals surface area contributed by atoms with Crippen molar-refractivity contribution in [2.45, 2.75) is 26.8 Å². The molecule has 0 aliphatic heterocycles. The van der Waals surface area contributed by atoms with E-state index in [1.54, 1.807) is 6.92 Å². The minimum Gasteiger partial charge on any atom is -0.493 e. The summed E-state index contributed by atoms with van der Waals surface area (Å²) in [4.78, 5) is 12.1. The van der Waals surface area contributed by atoms with Crippen LogP contribution in [0.15, 0.2) is 0 Å². The molecule has 1 aromatic rings. The predicted molar refractivity (Wildman–Crippen MR) is 64.9 cm³/mol. The number of nitrogens with one attached hydrogen (secondary N) is 1. The van der Waals surface area contributed by atoms with Gasteiger partial charge in [0.05, 0.1) is 11.6 Å². The average molecular weight is 241 g/mol. The summed E-state index contributed by atoms with van der Waals surface area (Å²) < 4.78 is 1.04. The number of ketones is 1. The molecular weight excluding hydrogens is 222 g/mol. The number of hydrogen-bond donors (Lipinski definition) is 4. The van der Waals surface area contributed by atoms with E-state index >= 15 is 0 Å². The van der Waals surface area contributed by atoms with Crippen LogP contribution < -0.4 is 11.2 Å². The highest BCUT2D eigenvalue weighted by molar-refractivity contribution is 6.04. The van der Waals surface area contributed by atoms with Crippen LogP contribution in [0, 0.1) is 12.8 Å². The number of hydrogen-bond acceptors (Lipinski definition) is 5. The third kappa shape index (κ3) is 2.08. The van der Waals surface area contributed by atoms with E-state index in [2.05, 4.69) is 5.43 Å². The molecule has 1 heterocycles. The largest absolute Gasteiger partial charge is 0.493 e. The maximum absolute atomic E-state index is 12.1. The van der Waals surface area contributed by atoms with E-state index in [0.717, 1.165) is 4.68 Å². The lowest BCUT2D eigenvalue weighted by Crippen LogP contribution is -2.35. The van der Waals surface area contributed by atoms with Crippen LogP contribution in [0.4, 0.5) is 0 Å². The van der Waals surface area contributed by atoms with Crippen molar-refractivity contribution in [3.63, 3.8) is 0 Å². The zero-order valence-electron chi connectivity index (χ0n) is 10.5. The van der Waals surface area contributed by atoms with Gasteiger partial charge in [0, 0.05) is 12.6 Å². The molecule has 0 bridgehead atoms. The molecule has 0 aliphatic carbocycles. The second-order valence-corrected chi connectivity index (χ2v) is 4.34. The number of aromatic hydroxyl groups is 2. The number of nitrogens with two attached hydrogens (primary N) is 1. The monoisotopic (exact) mass is 241 g/mol. The Kier molecular flexibility index (Phi) is 3.67. The molecule has 0 spiro atoms. The second-order valence-electron chi connectivity index (χ2n) is 4.34. The van der Waals surface area contributed by atoms with Gasteiger partial charge >= 0.3 is 0 Å². The van der Waals surface area contributed by atoms with Crippen LogP contribution in [0.5, 0.6) is 11.8 Å². The second kappa shape index (κ2) is 4.67. The molecule has 1 rings (SSSR count). The van der Waals surface area contributed by atoms with E-state index in [0.29, 0.717) is 5.56 Å². The average Bonchev–Trinajstić information content (AvgIpc) is 2.48. The summed E-state index contributed by atoms with van der Waals surface area (Å²) in [6.07, 6.45) is 0. The van der Waals surface area contributed by atoms with Gasteiger partial charge in [-0.15, -0.1) is 0 Å². The molecule has 1 aromatic heterocycles. The van der Waals surface area contributed by atoms with Gasteiger partial charge < -0.3 is 21.4 Å². The SMILES string of the molecule is CNn1c(O)c(C)c(C(=O)[C@@H](N)C(C)C)c1O. The van der Waals surface area contributed by atoms with Crippen molar-refractivity contribution >= 4 is 5.78 Å². The summed E-state index contributed by atoms with van der Waals surface area (Å²) in [6, 6.07) is -0.702. The van der Waals surface area contributed by atoms with Gasteiger partial charge in [-0.25, -0.2) is 0 Å². The van der Waals surface area contributed by atoms with E-state index < -0.39 is 6.04 Å². The maximum Gasteiger partial charge on any atom is 0.224 e. The first kappa shape index (κ1) is 13.4. The Morgan fingerprint density at radius 2 is 1.88 bits per heavy atom. The zero-order valence-corrected chi connectivity index (χ0v) is 10.5. The van der Waals surface area contributed by atoms with Crippen LogP contribution in [0.1, 0.15) is 29.8 Å². The van der Waals surface area contributed by atoms with E-state index in [1.165, 1.54) is 7.05 Å². The number of carbonyl (C=O) groups is 1. The minimum atomic E-state index is -0.702. The van der Waals surface area contributed by atoms with Gasteiger partial charge in [0.25, 0.3) is 0 Å². The number of carbonyl (C=O) groups excluding carboxylic acids is 1. The lowest BCUT2D eigenvalue weighted by molar-refractivity contribution is 0.0937. The van der Waals surface area contributed by atoms with Crippen LogP contribution in [0.2, 0.25) is 0 Å². The molecule has 0 radical (unpaired) electrons. The summed E-state index contributed by atoms with van der Waals surface area (Å²) in [5, 5.41) is 19.6. The van der Waals surface area contributed by atoms with Gasteiger partial charge in [0.15, 0.2) is 5.78 Å². The van der Waals surface area contributed by atoms with Crippen LogP contribution >= 0.6 is 0 Å². The number of nitrogens with zero attached hydrogens (tertiary/aromatic N) is 1. The van der Waals surface area contributed by atoms with Gasteiger partial charge in [-0.05, 0) is 12.8 Å². The van der Waals surface area contributed by atoms with Crippen molar-refractivity contribution in [3.8, 4) is 11.8 Å². The third-order valence-corrected chi connectivity index (χ3v) is 2.85. The van der Waals surface area contributed by atoms with Crippen molar-refractivity contribution in [2.75, 3.05) is 12.5 Å². The van der Waals surface area contributed by atoms with E-state index in [9.17, 15) is 15.0 Å². The van der Waals surface area contributed by atoms with Crippen molar-refractivity contribution in [1.82, 2.24) is 4.68 Å². The fraction of sp³-hybridized carbons (Fsp3) is 0.545. The van der Waals surface area contributed by atoms with Crippen LogP contribution in [0.3, 0.4) is 0 Å². The normalized spacial score (nSPS) is 12.8. The molecule has 0 fully saturated rings. The molecule has 17 heavy (non-hydrogen) atoms. The molecule has 6 nitrogen and oxygen atoms in total. The number of Topliss-reactive ketones (excluding diaryl/α,β-unsaturated/α-hetero) is 1. The summed E-state index contributed by atoms with van der Waals surface area (Å²) in [5.74, 6) is -0.923. The standard InChI is InChI=1S/C11H19N3O3/c1-5(2)8(12)9(15)7-6(3)10(16)14(13-4)11(7)17/h5,8,13,16-17H,12H2,1-4H3/t8-/m0/s1. The Morgan fingerprint density at radius 3 is 2.24 bits per heavy atom. The molecule has 0 unspecified atom stereocenters. The highest BCUT2D eigenvalue weighted by atomic mass is 16.3. The van der Waals surface area contributed by atoms with E-state index in [4.69, 9.17) is 5.73 Å². The smallest absolute Gasteiger partial charge is 0.224 e. The Balaban J connectivity index is 3.28. The van der Waals surface area contributed by atoms with Gasteiger partial charge in [-0.1, -0.05) is 13.8 Å². The lowest BCUT2D eigenvalue weighted by atomic mass is 9.95. The van der Waals surface area contributed by atoms with Gasteiger partial charge in [0.1, 0.15) is 0 Å². The maximum atomic E-state index is 12.1. The quantitative estimate of drug-likeness (QED) is 0.577. The fourth-order valence-corrected chi connectivity index (χ4v) is 1.64. The highest BCUT2D eigenvalue weighted by Gasteiger charge is 2.29.